The Bertz CT molecular complexity index is 753. The lowest BCUT2D eigenvalue weighted by Gasteiger charge is -2.23. The lowest BCUT2D eigenvalue weighted by atomic mass is 9.90. The number of amides is 2. The molecule has 0 saturated carbocycles. The highest BCUT2D eigenvalue weighted by Gasteiger charge is 2.35. The minimum atomic E-state index is -1.20. The molecule has 4 nitrogen and oxygen atoms in total. The van der Waals surface area contributed by atoms with Crippen molar-refractivity contribution in [3.05, 3.63) is 65.5 Å². The van der Waals surface area contributed by atoms with Crippen LogP contribution in [0.15, 0.2) is 48.5 Å². The van der Waals surface area contributed by atoms with E-state index >= 15 is 0 Å². The Kier molecular flexibility index (Phi) is 6.50. The van der Waals surface area contributed by atoms with Gasteiger partial charge in [-0.05, 0) is 62.1 Å². The lowest BCUT2D eigenvalue weighted by Crippen LogP contribution is -2.45. The van der Waals surface area contributed by atoms with Gasteiger partial charge in [-0.1, -0.05) is 31.2 Å². The highest BCUT2D eigenvalue weighted by atomic mass is 19.1. The van der Waals surface area contributed by atoms with Crippen LogP contribution in [-0.4, -0.2) is 18.4 Å². The standard InChI is InChI=1S/C21H25FN2O2/c1-4-15-7-11-18(12-8-15)24-20(26)21(2,3)19(25)23-14-13-16-5-9-17(22)10-6-16/h5-12H,4,13-14H2,1-3H3,(H,23,25)(H,24,26). The van der Waals surface area contributed by atoms with Gasteiger partial charge in [-0.2, -0.15) is 0 Å². The van der Waals surface area contributed by atoms with Crippen molar-refractivity contribution in [2.75, 3.05) is 11.9 Å². The first-order valence-electron chi connectivity index (χ1n) is 8.76. The molecule has 138 valence electrons. The number of halogens is 1. The van der Waals surface area contributed by atoms with E-state index in [0.29, 0.717) is 18.7 Å². The Morgan fingerprint density at radius 1 is 0.923 bits per heavy atom. The van der Waals surface area contributed by atoms with Crippen molar-refractivity contribution in [1.82, 2.24) is 5.32 Å². The lowest BCUT2D eigenvalue weighted by molar-refractivity contribution is -0.138. The smallest absolute Gasteiger partial charge is 0.239 e. The Balaban J connectivity index is 1.88. The molecule has 0 fully saturated rings. The summed E-state index contributed by atoms with van der Waals surface area (Å²) in [5.41, 5.74) is 1.57. The van der Waals surface area contributed by atoms with Gasteiger partial charge in [0.25, 0.3) is 0 Å². The van der Waals surface area contributed by atoms with Crippen LogP contribution >= 0.6 is 0 Å². The highest BCUT2D eigenvalue weighted by molar-refractivity contribution is 6.09. The number of hydrogen-bond donors (Lipinski definition) is 2. The number of nitrogens with one attached hydrogen (secondary N) is 2. The number of anilines is 1. The van der Waals surface area contributed by atoms with Crippen LogP contribution in [0.3, 0.4) is 0 Å². The molecule has 0 aromatic heterocycles. The van der Waals surface area contributed by atoms with Crippen molar-refractivity contribution < 1.29 is 14.0 Å². The van der Waals surface area contributed by atoms with Crippen LogP contribution in [0.4, 0.5) is 10.1 Å². The average Bonchev–Trinajstić information content (AvgIpc) is 2.63. The van der Waals surface area contributed by atoms with E-state index in [9.17, 15) is 14.0 Å². The fraction of sp³-hybridized carbons (Fsp3) is 0.333. The van der Waals surface area contributed by atoms with Gasteiger partial charge in [0, 0.05) is 12.2 Å². The van der Waals surface area contributed by atoms with Gasteiger partial charge in [0.05, 0.1) is 0 Å². The molecular weight excluding hydrogens is 331 g/mol. The summed E-state index contributed by atoms with van der Waals surface area (Å²) < 4.78 is 12.9. The van der Waals surface area contributed by atoms with Gasteiger partial charge in [-0.15, -0.1) is 0 Å². The summed E-state index contributed by atoms with van der Waals surface area (Å²) in [4.78, 5) is 24.9. The van der Waals surface area contributed by atoms with Gasteiger partial charge in [0.1, 0.15) is 11.2 Å². The fourth-order valence-electron chi connectivity index (χ4n) is 2.41. The topological polar surface area (TPSA) is 58.2 Å². The molecule has 2 aromatic rings. The van der Waals surface area contributed by atoms with Crippen LogP contribution in [-0.2, 0) is 22.4 Å². The van der Waals surface area contributed by atoms with Gasteiger partial charge in [0.15, 0.2) is 0 Å². The average molecular weight is 356 g/mol. The van der Waals surface area contributed by atoms with Crippen molar-refractivity contribution in [3.63, 3.8) is 0 Å². The molecule has 2 aromatic carbocycles. The maximum Gasteiger partial charge on any atom is 0.239 e. The van der Waals surface area contributed by atoms with Crippen molar-refractivity contribution in [1.29, 1.82) is 0 Å². The Morgan fingerprint density at radius 2 is 1.50 bits per heavy atom. The quantitative estimate of drug-likeness (QED) is 0.743. The second-order valence-corrected chi connectivity index (χ2v) is 6.76. The van der Waals surface area contributed by atoms with E-state index in [-0.39, 0.29) is 17.6 Å². The monoisotopic (exact) mass is 356 g/mol. The number of carbonyl (C=O) groups excluding carboxylic acids is 2. The van der Waals surface area contributed by atoms with Gasteiger partial charge < -0.3 is 10.6 Å². The third kappa shape index (κ3) is 5.15. The predicted octanol–water partition coefficient (Wildman–Crippen LogP) is 3.71. The fourth-order valence-corrected chi connectivity index (χ4v) is 2.41. The van der Waals surface area contributed by atoms with E-state index in [2.05, 4.69) is 17.6 Å². The van der Waals surface area contributed by atoms with Crippen molar-refractivity contribution >= 4 is 17.5 Å². The van der Waals surface area contributed by atoms with Crippen LogP contribution in [0.25, 0.3) is 0 Å². The largest absolute Gasteiger partial charge is 0.355 e. The minimum Gasteiger partial charge on any atom is -0.355 e. The number of carbonyl (C=O) groups is 2. The van der Waals surface area contributed by atoms with Crippen LogP contribution in [0.2, 0.25) is 0 Å². The minimum absolute atomic E-state index is 0.289. The van der Waals surface area contributed by atoms with E-state index in [4.69, 9.17) is 0 Å². The molecular formula is C21H25FN2O2. The highest BCUT2D eigenvalue weighted by Crippen LogP contribution is 2.19. The summed E-state index contributed by atoms with van der Waals surface area (Å²) in [7, 11) is 0. The maximum atomic E-state index is 12.9. The Morgan fingerprint density at radius 3 is 2.08 bits per heavy atom. The molecule has 0 aliphatic rings. The molecule has 2 amide bonds. The summed E-state index contributed by atoms with van der Waals surface area (Å²) in [6, 6.07) is 13.7. The van der Waals surface area contributed by atoms with E-state index in [1.54, 1.807) is 26.0 Å². The van der Waals surface area contributed by atoms with Crippen molar-refractivity contribution in [2.45, 2.75) is 33.6 Å². The SMILES string of the molecule is CCc1ccc(NC(=O)C(C)(C)C(=O)NCCc2ccc(F)cc2)cc1. The molecule has 2 rings (SSSR count). The third-order valence-electron chi connectivity index (χ3n) is 4.37. The summed E-state index contributed by atoms with van der Waals surface area (Å²) in [5.74, 6) is -0.995. The van der Waals surface area contributed by atoms with E-state index in [0.717, 1.165) is 12.0 Å². The summed E-state index contributed by atoms with van der Waals surface area (Å²) >= 11 is 0. The van der Waals surface area contributed by atoms with Crippen LogP contribution in [0.1, 0.15) is 31.9 Å². The van der Waals surface area contributed by atoms with Crippen LogP contribution in [0, 0.1) is 11.2 Å². The first kappa shape index (κ1) is 19.6. The van der Waals surface area contributed by atoms with E-state index in [1.165, 1.54) is 17.7 Å². The molecule has 0 heterocycles. The summed E-state index contributed by atoms with van der Waals surface area (Å²) in [5, 5.41) is 5.56. The summed E-state index contributed by atoms with van der Waals surface area (Å²) in [6.45, 7) is 5.63. The first-order chi connectivity index (χ1) is 12.3. The molecule has 26 heavy (non-hydrogen) atoms. The van der Waals surface area contributed by atoms with Gasteiger partial charge in [0.2, 0.25) is 11.8 Å². The number of rotatable bonds is 7. The zero-order valence-electron chi connectivity index (χ0n) is 15.4. The van der Waals surface area contributed by atoms with E-state index < -0.39 is 5.41 Å². The van der Waals surface area contributed by atoms with Crippen LogP contribution in [0.5, 0.6) is 0 Å². The third-order valence-corrected chi connectivity index (χ3v) is 4.37. The number of benzene rings is 2. The van der Waals surface area contributed by atoms with Gasteiger partial charge in [-0.3, -0.25) is 9.59 Å². The molecule has 0 aliphatic heterocycles. The molecule has 0 atom stereocenters. The molecule has 0 saturated heterocycles. The summed E-state index contributed by atoms with van der Waals surface area (Å²) in [6.07, 6.45) is 1.50. The predicted molar refractivity (Wildman–Crippen MR) is 101 cm³/mol. The number of hydrogen-bond acceptors (Lipinski definition) is 2. The van der Waals surface area contributed by atoms with Crippen molar-refractivity contribution in [3.8, 4) is 0 Å². The Hall–Kier alpha value is -2.69. The molecule has 0 bridgehead atoms. The normalized spacial score (nSPS) is 11.1. The molecule has 0 unspecified atom stereocenters. The second kappa shape index (κ2) is 8.61. The van der Waals surface area contributed by atoms with Gasteiger partial charge >= 0.3 is 0 Å². The number of aryl methyl sites for hydroxylation is 1. The van der Waals surface area contributed by atoms with Crippen LogP contribution < -0.4 is 10.6 Å². The molecule has 5 heteroatoms. The second-order valence-electron chi connectivity index (χ2n) is 6.76. The first-order valence-corrected chi connectivity index (χ1v) is 8.76. The molecule has 0 spiro atoms. The Labute approximate surface area is 153 Å². The van der Waals surface area contributed by atoms with Crippen molar-refractivity contribution in [2.24, 2.45) is 5.41 Å². The maximum absolute atomic E-state index is 12.9. The molecule has 0 radical (unpaired) electrons. The zero-order valence-corrected chi connectivity index (χ0v) is 15.4. The molecule has 0 aliphatic carbocycles. The molecule has 2 N–H and O–H groups in total. The zero-order chi connectivity index (χ0) is 19.2. The van der Waals surface area contributed by atoms with Gasteiger partial charge in [-0.25, -0.2) is 4.39 Å². The van der Waals surface area contributed by atoms with E-state index in [1.807, 2.05) is 24.3 Å².